The van der Waals surface area contributed by atoms with E-state index in [1.807, 2.05) is 0 Å². The molecule has 0 amide bonds. The van der Waals surface area contributed by atoms with Crippen LogP contribution in [0.1, 0.15) is 5.56 Å². The highest BCUT2D eigenvalue weighted by Gasteiger charge is 1.97. The fraction of sp³-hybridized carbons (Fsp3) is 0.200. The largest absolute Gasteiger partial charge is 0.326 e. The maximum atomic E-state index is 10.7. The molecule has 0 saturated carbocycles. The van der Waals surface area contributed by atoms with E-state index in [2.05, 4.69) is 10.2 Å². The van der Waals surface area contributed by atoms with Crippen molar-refractivity contribution in [1.29, 1.82) is 0 Å². The summed E-state index contributed by atoms with van der Waals surface area (Å²) in [4.78, 5) is 10.7. The zero-order valence-electron chi connectivity index (χ0n) is 5.10. The quantitative estimate of drug-likeness (QED) is 0.600. The number of aromatic nitrogens is 2. The van der Waals surface area contributed by atoms with Crippen molar-refractivity contribution in [1.82, 2.24) is 10.2 Å². The molecule has 1 aromatic rings. The number of hydrogen-bond donors (Lipinski definition) is 2. The minimum atomic E-state index is -0.285. The molecule has 0 bridgehead atoms. The van der Waals surface area contributed by atoms with Gasteiger partial charge in [0, 0.05) is 12.1 Å². The van der Waals surface area contributed by atoms with Crippen LogP contribution in [-0.2, 0) is 6.54 Å². The Bertz CT molecular complexity index is 282. The van der Waals surface area contributed by atoms with Crippen LogP contribution in [-0.4, -0.2) is 10.2 Å². The summed E-state index contributed by atoms with van der Waals surface area (Å²) in [6.07, 6.45) is 0. The monoisotopic (exact) mass is 159 g/mol. The highest BCUT2D eigenvalue weighted by Crippen LogP contribution is 1.99. The molecule has 0 radical (unpaired) electrons. The summed E-state index contributed by atoms with van der Waals surface area (Å²) < 4.78 is 0. The molecule has 4 nitrogen and oxygen atoms in total. The van der Waals surface area contributed by atoms with Gasteiger partial charge in [-0.1, -0.05) is 11.6 Å². The highest BCUT2D eigenvalue weighted by atomic mass is 35.5. The third-order valence-corrected chi connectivity index (χ3v) is 1.26. The average molecular weight is 160 g/mol. The van der Waals surface area contributed by atoms with Crippen molar-refractivity contribution in [3.63, 3.8) is 0 Å². The summed E-state index contributed by atoms with van der Waals surface area (Å²) >= 11 is 5.46. The molecule has 0 unspecified atom stereocenters. The van der Waals surface area contributed by atoms with Gasteiger partial charge in [0.1, 0.15) is 5.15 Å². The number of hydrogen-bond acceptors (Lipinski definition) is 3. The van der Waals surface area contributed by atoms with Crippen LogP contribution in [0, 0.1) is 0 Å². The number of aromatic amines is 1. The lowest BCUT2D eigenvalue weighted by atomic mass is 10.3. The first-order valence-corrected chi connectivity index (χ1v) is 3.06. The molecule has 1 heterocycles. The van der Waals surface area contributed by atoms with E-state index in [9.17, 15) is 4.79 Å². The maximum Gasteiger partial charge on any atom is 0.268 e. The van der Waals surface area contributed by atoms with E-state index < -0.39 is 0 Å². The summed E-state index contributed by atoms with van der Waals surface area (Å²) in [6.45, 7) is 0.178. The van der Waals surface area contributed by atoms with Crippen molar-refractivity contribution < 1.29 is 0 Å². The number of halogens is 1. The van der Waals surface area contributed by atoms with Gasteiger partial charge in [-0.25, -0.2) is 5.10 Å². The molecule has 1 aromatic heterocycles. The van der Waals surface area contributed by atoms with Gasteiger partial charge in [-0.2, -0.15) is 5.10 Å². The third kappa shape index (κ3) is 1.34. The predicted molar refractivity (Wildman–Crippen MR) is 37.8 cm³/mol. The molecular weight excluding hydrogens is 154 g/mol. The van der Waals surface area contributed by atoms with Crippen molar-refractivity contribution in [3.05, 3.63) is 27.1 Å². The van der Waals surface area contributed by atoms with Gasteiger partial charge < -0.3 is 5.73 Å². The number of nitrogens with zero attached hydrogens (tertiary/aromatic N) is 1. The maximum absolute atomic E-state index is 10.7. The molecule has 0 spiro atoms. The molecule has 0 atom stereocenters. The first-order valence-electron chi connectivity index (χ1n) is 2.68. The smallest absolute Gasteiger partial charge is 0.268 e. The first kappa shape index (κ1) is 7.24. The lowest BCUT2D eigenvalue weighted by Gasteiger charge is -1.92. The molecular formula is C5H6ClN3O. The van der Waals surface area contributed by atoms with Crippen LogP contribution in [0.4, 0.5) is 0 Å². The minimum absolute atomic E-state index is 0.178. The van der Waals surface area contributed by atoms with Crippen molar-refractivity contribution >= 4 is 11.6 Å². The van der Waals surface area contributed by atoms with Crippen molar-refractivity contribution in [2.45, 2.75) is 6.54 Å². The van der Waals surface area contributed by atoms with E-state index in [1.165, 1.54) is 6.07 Å². The summed E-state index contributed by atoms with van der Waals surface area (Å²) in [5.74, 6) is 0. The lowest BCUT2D eigenvalue weighted by molar-refractivity contribution is 0.925. The lowest BCUT2D eigenvalue weighted by Crippen LogP contribution is -2.16. The van der Waals surface area contributed by atoms with Crippen molar-refractivity contribution in [2.24, 2.45) is 5.73 Å². The Labute approximate surface area is 62.0 Å². The number of H-pyrrole nitrogens is 1. The predicted octanol–water partition coefficient (Wildman–Crippen LogP) is -0.118. The van der Waals surface area contributed by atoms with E-state index in [-0.39, 0.29) is 17.3 Å². The first-order chi connectivity index (χ1) is 4.74. The van der Waals surface area contributed by atoms with Crippen LogP contribution in [0.2, 0.25) is 5.15 Å². The molecule has 0 fully saturated rings. The fourth-order valence-corrected chi connectivity index (χ4v) is 0.743. The van der Waals surface area contributed by atoms with Crippen LogP contribution in [0.5, 0.6) is 0 Å². The topological polar surface area (TPSA) is 71.8 Å². The number of nitrogens with two attached hydrogens (primary N) is 1. The van der Waals surface area contributed by atoms with Crippen LogP contribution < -0.4 is 11.3 Å². The molecule has 1 rings (SSSR count). The minimum Gasteiger partial charge on any atom is -0.326 e. The zero-order chi connectivity index (χ0) is 7.56. The highest BCUT2D eigenvalue weighted by molar-refractivity contribution is 6.29. The average Bonchev–Trinajstić information content (AvgIpc) is 1.94. The molecule has 54 valence electrons. The Hall–Kier alpha value is -0.870. The van der Waals surface area contributed by atoms with Crippen LogP contribution in [0.3, 0.4) is 0 Å². The Kier molecular flexibility index (Phi) is 2.03. The van der Waals surface area contributed by atoms with Gasteiger partial charge in [0.05, 0.1) is 0 Å². The molecule has 0 aliphatic heterocycles. The van der Waals surface area contributed by atoms with Gasteiger partial charge in [-0.05, 0) is 6.07 Å². The number of rotatable bonds is 1. The Balaban J connectivity index is 3.22. The second-order valence-electron chi connectivity index (χ2n) is 1.75. The van der Waals surface area contributed by atoms with E-state index in [1.54, 1.807) is 0 Å². The van der Waals surface area contributed by atoms with Crippen LogP contribution in [0.15, 0.2) is 10.9 Å². The summed E-state index contributed by atoms with van der Waals surface area (Å²) in [5, 5.41) is 5.91. The molecule has 0 aliphatic rings. The molecule has 10 heavy (non-hydrogen) atoms. The van der Waals surface area contributed by atoms with Crippen LogP contribution in [0.25, 0.3) is 0 Å². The van der Waals surface area contributed by atoms with Gasteiger partial charge in [0.2, 0.25) is 0 Å². The second kappa shape index (κ2) is 2.81. The Morgan fingerprint density at radius 2 is 2.50 bits per heavy atom. The van der Waals surface area contributed by atoms with E-state index >= 15 is 0 Å². The fourth-order valence-electron chi connectivity index (χ4n) is 0.569. The van der Waals surface area contributed by atoms with E-state index in [0.29, 0.717) is 5.56 Å². The third-order valence-electron chi connectivity index (χ3n) is 1.07. The van der Waals surface area contributed by atoms with E-state index in [0.717, 1.165) is 0 Å². The van der Waals surface area contributed by atoms with Crippen molar-refractivity contribution in [3.8, 4) is 0 Å². The van der Waals surface area contributed by atoms with Gasteiger partial charge in [-0.15, -0.1) is 0 Å². The molecule has 0 aliphatic carbocycles. The van der Waals surface area contributed by atoms with Gasteiger partial charge >= 0.3 is 0 Å². The van der Waals surface area contributed by atoms with Gasteiger partial charge in [0.15, 0.2) is 0 Å². The van der Waals surface area contributed by atoms with Crippen molar-refractivity contribution in [2.75, 3.05) is 0 Å². The molecule has 0 saturated heterocycles. The standard InChI is InChI=1S/C5H6ClN3O/c6-4-1-3(2-7)5(10)9-8-4/h1H,2,7H2,(H,9,10). The molecule has 5 heteroatoms. The summed E-state index contributed by atoms with van der Waals surface area (Å²) in [5.41, 5.74) is 5.37. The number of nitrogens with one attached hydrogen (secondary N) is 1. The SMILES string of the molecule is NCc1cc(Cl)n[nH]c1=O. The molecule has 3 N–H and O–H groups in total. The molecule has 0 aromatic carbocycles. The van der Waals surface area contributed by atoms with E-state index in [4.69, 9.17) is 17.3 Å². The van der Waals surface area contributed by atoms with Gasteiger partial charge in [0.25, 0.3) is 5.56 Å². The normalized spacial score (nSPS) is 9.80. The second-order valence-corrected chi connectivity index (χ2v) is 2.14. The zero-order valence-corrected chi connectivity index (χ0v) is 5.85. The Morgan fingerprint density at radius 3 is 3.00 bits per heavy atom. The van der Waals surface area contributed by atoms with Gasteiger partial charge in [-0.3, -0.25) is 4.79 Å². The van der Waals surface area contributed by atoms with Crippen LogP contribution >= 0.6 is 11.6 Å². The summed E-state index contributed by atoms with van der Waals surface area (Å²) in [6, 6.07) is 1.44. The summed E-state index contributed by atoms with van der Waals surface area (Å²) in [7, 11) is 0. The Morgan fingerprint density at radius 1 is 1.80 bits per heavy atom.